The zero-order chi connectivity index (χ0) is 17.0. The first-order chi connectivity index (χ1) is 11.8. The Morgan fingerprint density at radius 1 is 0.833 bits per heavy atom. The minimum absolute atomic E-state index is 0.791. The topological polar surface area (TPSA) is 0 Å². The Hall–Kier alpha value is -1.22. The maximum Gasteiger partial charge on any atom is 0.0245 e. The Bertz CT molecular complexity index is 491. The molecule has 0 heteroatoms. The smallest absolute Gasteiger partial charge is 0.0245 e. The van der Waals surface area contributed by atoms with E-state index < -0.39 is 0 Å². The van der Waals surface area contributed by atoms with E-state index in [0.29, 0.717) is 0 Å². The molecule has 1 aliphatic carbocycles. The van der Waals surface area contributed by atoms with Gasteiger partial charge in [-0.1, -0.05) is 76.3 Å². The van der Waals surface area contributed by atoms with E-state index in [2.05, 4.69) is 50.0 Å². The molecule has 1 aliphatic rings. The molecule has 0 atom stereocenters. The van der Waals surface area contributed by atoms with Gasteiger partial charge in [-0.25, -0.2) is 0 Å². The summed E-state index contributed by atoms with van der Waals surface area (Å²) in [6.45, 7) is 4.48. The molecule has 1 saturated carbocycles. The Morgan fingerprint density at radius 2 is 1.54 bits per heavy atom. The lowest BCUT2D eigenvalue weighted by atomic mass is 9.77. The van der Waals surface area contributed by atoms with Crippen LogP contribution in [0.15, 0.2) is 24.3 Å². The molecule has 0 nitrogen and oxygen atoms in total. The fourth-order valence-corrected chi connectivity index (χ4v) is 3.95. The van der Waals surface area contributed by atoms with Crippen LogP contribution in [0.3, 0.4) is 0 Å². The van der Waals surface area contributed by atoms with Crippen molar-refractivity contribution in [1.29, 1.82) is 0 Å². The molecule has 0 saturated heterocycles. The number of rotatable bonds is 8. The molecule has 2 rings (SSSR count). The fraction of sp³-hybridized carbons (Fsp3) is 0.667. The molecular formula is C24H36. The summed E-state index contributed by atoms with van der Waals surface area (Å²) in [6, 6.07) is 9.09. The largest absolute Gasteiger partial charge is 0.0979 e. The van der Waals surface area contributed by atoms with Crippen molar-refractivity contribution < 1.29 is 0 Å². The average Bonchev–Trinajstić information content (AvgIpc) is 2.63. The molecule has 0 unspecified atom stereocenters. The van der Waals surface area contributed by atoms with Crippen LogP contribution in [0.25, 0.3) is 0 Å². The highest BCUT2D eigenvalue weighted by molar-refractivity contribution is 5.37. The highest BCUT2D eigenvalue weighted by Crippen LogP contribution is 2.37. The predicted molar refractivity (Wildman–Crippen MR) is 106 cm³/mol. The van der Waals surface area contributed by atoms with Crippen LogP contribution in [0.5, 0.6) is 0 Å². The maximum absolute atomic E-state index is 3.27. The van der Waals surface area contributed by atoms with Gasteiger partial charge in [0, 0.05) is 12.0 Å². The molecule has 0 radical (unpaired) electrons. The van der Waals surface area contributed by atoms with Gasteiger partial charge in [0.2, 0.25) is 0 Å². The minimum atomic E-state index is 0.791. The second kappa shape index (κ2) is 11.4. The van der Waals surface area contributed by atoms with E-state index in [-0.39, 0.29) is 0 Å². The third-order valence-corrected chi connectivity index (χ3v) is 5.55. The van der Waals surface area contributed by atoms with Crippen molar-refractivity contribution in [2.24, 2.45) is 5.92 Å². The van der Waals surface area contributed by atoms with Crippen molar-refractivity contribution in [3.8, 4) is 11.8 Å². The van der Waals surface area contributed by atoms with Crippen LogP contribution < -0.4 is 0 Å². The summed E-state index contributed by atoms with van der Waals surface area (Å²) in [7, 11) is 0. The number of hydrogen-bond acceptors (Lipinski definition) is 0. The van der Waals surface area contributed by atoms with E-state index in [1.54, 1.807) is 0 Å². The molecule has 132 valence electrons. The lowest BCUT2D eigenvalue weighted by Gasteiger charge is -2.29. The first kappa shape index (κ1) is 19.1. The van der Waals surface area contributed by atoms with Gasteiger partial charge in [-0.05, 0) is 61.6 Å². The second-order valence-corrected chi connectivity index (χ2v) is 7.59. The molecule has 0 aromatic heterocycles. The van der Waals surface area contributed by atoms with Crippen molar-refractivity contribution in [2.75, 3.05) is 0 Å². The first-order valence-corrected chi connectivity index (χ1v) is 10.4. The third kappa shape index (κ3) is 6.72. The van der Waals surface area contributed by atoms with Crippen molar-refractivity contribution >= 4 is 0 Å². The summed E-state index contributed by atoms with van der Waals surface area (Å²) >= 11 is 0. The summed E-state index contributed by atoms with van der Waals surface area (Å²) in [6.07, 6.45) is 16.4. The molecule has 0 bridgehead atoms. The molecule has 1 aromatic carbocycles. The van der Waals surface area contributed by atoms with E-state index in [1.165, 1.54) is 75.3 Å². The monoisotopic (exact) mass is 324 g/mol. The summed E-state index contributed by atoms with van der Waals surface area (Å²) in [5.74, 6) is 8.30. The minimum Gasteiger partial charge on any atom is -0.0979 e. The van der Waals surface area contributed by atoms with E-state index in [0.717, 1.165) is 24.7 Å². The van der Waals surface area contributed by atoms with Crippen molar-refractivity contribution in [3.63, 3.8) is 0 Å². The van der Waals surface area contributed by atoms with Crippen LogP contribution in [0.1, 0.15) is 108 Å². The highest BCUT2D eigenvalue weighted by Gasteiger charge is 2.21. The van der Waals surface area contributed by atoms with E-state index in [9.17, 15) is 0 Å². The molecule has 0 aliphatic heterocycles. The second-order valence-electron chi connectivity index (χ2n) is 7.59. The van der Waals surface area contributed by atoms with Gasteiger partial charge in [-0.3, -0.25) is 0 Å². The molecule has 0 N–H and O–H groups in total. The number of unbranched alkanes of at least 4 members (excludes halogenated alkanes) is 5. The van der Waals surface area contributed by atoms with Gasteiger partial charge < -0.3 is 0 Å². The Morgan fingerprint density at radius 3 is 2.21 bits per heavy atom. The zero-order valence-electron chi connectivity index (χ0n) is 15.9. The van der Waals surface area contributed by atoms with Crippen LogP contribution in [0, 0.1) is 17.8 Å². The van der Waals surface area contributed by atoms with Crippen LogP contribution >= 0.6 is 0 Å². The fourth-order valence-electron chi connectivity index (χ4n) is 3.95. The third-order valence-electron chi connectivity index (χ3n) is 5.55. The Kier molecular flexibility index (Phi) is 9.04. The van der Waals surface area contributed by atoms with E-state index >= 15 is 0 Å². The zero-order valence-corrected chi connectivity index (χ0v) is 15.9. The molecule has 0 heterocycles. The standard InChI is InChI=1S/C24H36/c1-3-5-7-8-10-12-22-15-19-24(20-16-22)23-17-13-21(14-18-23)11-9-6-4-2/h13-14,17-18,22,24H,3-8,10,12,15-16,19-20H2,1-2H3. The Balaban J connectivity index is 1.71. The van der Waals surface area contributed by atoms with Crippen molar-refractivity contribution in [1.82, 2.24) is 0 Å². The predicted octanol–water partition coefficient (Wildman–Crippen LogP) is 7.47. The van der Waals surface area contributed by atoms with Gasteiger partial charge in [0.25, 0.3) is 0 Å². The molecule has 1 aromatic rings. The van der Waals surface area contributed by atoms with Crippen LogP contribution in [-0.2, 0) is 0 Å². The normalized spacial score (nSPS) is 20.4. The molecule has 0 spiro atoms. The summed E-state index contributed by atoms with van der Waals surface area (Å²) < 4.78 is 0. The summed E-state index contributed by atoms with van der Waals surface area (Å²) in [5.41, 5.74) is 2.71. The lowest BCUT2D eigenvalue weighted by Crippen LogP contribution is -2.13. The van der Waals surface area contributed by atoms with Crippen LogP contribution in [0.2, 0.25) is 0 Å². The van der Waals surface area contributed by atoms with Crippen LogP contribution in [-0.4, -0.2) is 0 Å². The Labute approximate surface area is 150 Å². The molecule has 0 amide bonds. The van der Waals surface area contributed by atoms with E-state index in [1.807, 2.05) is 0 Å². The summed E-state index contributed by atoms with van der Waals surface area (Å²) in [5, 5.41) is 0. The SMILES string of the molecule is CCCC#Cc1ccc(C2CCC(CCCCCCC)CC2)cc1. The van der Waals surface area contributed by atoms with Gasteiger partial charge in [-0.15, -0.1) is 0 Å². The number of benzene rings is 1. The van der Waals surface area contributed by atoms with Gasteiger partial charge in [0.05, 0.1) is 0 Å². The highest BCUT2D eigenvalue weighted by atomic mass is 14.3. The lowest BCUT2D eigenvalue weighted by molar-refractivity contribution is 0.302. The van der Waals surface area contributed by atoms with Gasteiger partial charge in [0.15, 0.2) is 0 Å². The van der Waals surface area contributed by atoms with Crippen molar-refractivity contribution in [3.05, 3.63) is 35.4 Å². The van der Waals surface area contributed by atoms with Crippen LogP contribution in [0.4, 0.5) is 0 Å². The van der Waals surface area contributed by atoms with Gasteiger partial charge in [-0.2, -0.15) is 0 Å². The number of hydrogen-bond donors (Lipinski definition) is 0. The first-order valence-electron chi connectivity index (χ1n) is 10.4. The quantitative estimate of drug-likeness (QED) is 0.343. The molecule has 1 fully saturated rings. The average molecular weight is 325 g/mol. The van der Waals surface area contributed by atoms with Gasteiger partial charge in [0.1, 0.15) is 0 Å². The molecular weight excluding hydrogens is 288 g/mol. The summed E-state index contributed by atoms with van der Waals surface area (Å²) in [4.78, 5) is 0. The van der Waals surface area contributed by atoms with Crippen molar-refractivity contribution in [2.45, 2.75) is 96.8 Å². The van der Waals surface area contributed by atoms with E-state index in [4.69, 9.17) is 0 Å². The molecule has 24 heavy (non-hydrogen) atoms. The maximum atomic E-state index is 3.27. The van der Waals surface area contributed by atoms with Gasteiger partial charge >= 0.3 is 0 Å².